The maximum atomic E-state index is 11.5. The van der Waals surface area contributed by atoms with Crippen LogP contribution in [0.5, 0.6) is 5.75 Å². The predicted molar refractivity (Wildman–Crippen MR) is 133 cm³/mol. The summed E-state index contributed by atoms with van der Waals surface area (Å²) in [5, 5.41) is 4.28. The molecule has 0 fully saturated rings. The monoisotopic (exact) mass is 449 g/mol. The summed E-state index contributed by atoms with van der Waals surface area (Å²) in [4.78, 5) is 23.6. The van der Waals surface area contributed by atoms with Crippen LogP contribution in [0.15, 0.2) is 66.7 Å². The smallest absolute Gasteiger partial charge is 0.213 e. The molecule has 0 spiro atoms. The topological polar surface area (TPSA) is 64.4 Å². The van der Waals surface area contributed by atoms with E-state index in [9.17, 15) is 9.59 Å². The van der Waals surface area contributed by atoms with Gasteiger partial charge in [0.2, 0.25) is 6.41 Å². The number of anilines is 1. The van der Waals surface area contributed by atoms with E-state index in [0.717, 1.165) is 43.7 Å². The van der Waals surface area contributed by atoms with Crippen molar-refractivity contribution >= 4 is 17.9 Å². The molecule has 0 saturated carbocycles. The molecule has 176 valence electrons. The van der Waals surface area contributed by atoms with Gasteiger partial charge in [-0.1, -0.05) is 62.4 Å². The highest BCUT2D eigenvalue weighted by molar-refractivity contribution is 5.94. The van der Waals surface area contributed by atoms with Crippen LogP contribution < -0.4 is 9.64 Å². The fourth-order valence-electron chi connectivity index (χ4n) is 3.28. The molecular weight excluding hydrogens is 414 g/mol. The molecule has 0 unspecified atom stereocenters. The lowest BCUT2D eigenvalue weighted by molar-refractivity contribution is -0.107. The quantitative estimate of drug-likeness (QED) is 0.333. The molecule has 0 bridgehead atoms. The number of ether oxygens (including phenoxy) is 1. The highest BCUT2D eigenvalue weighted by atomic mass is 16.5. The Bertz CT molecular complexity index is 922. The van der Waals surface area contributed by atoms with Crippen molar-refractivity contribution < 1.29 is 14.3 Å². The molecule has 0 atom stereocenters. The molecular formula is C27H35N3O3. The number of benzene rings is 2. The maximum Gasteiger partial charge on any atom is 0.213 e. The van der Waals surface area contributed by atoms with Gasteiger partial charge in [-0.15, -0.1) is 0 Å². The molecule has 0 saturated heterocycles. The number of hydrogen-bond acceptors (Lipinski definition) is 4. The minimum Gasteiger partial charge on any atom is -0.491 e. The number of carbonyl (C=O) groups excluding carboxylic acids is 2. The normalized spacial score (nSPS) is 11.2. The minimum atomic E-state index is 0.185. The summed E-state index contributed by atoms with van der Waals surface area (Å²) >= 11 is 0. The number of amides is 1. The fourth-order valence-corrected chi connectivity index (χ4v) is 3.28. The van der Waals surface area contributed by atoms with Gasteiger partial charge in [-0.3, -0.25) is 14.3 Å². The number of aromatic nitrogens is 2. The second kappa shape index (κ2) is 14.6. The Hall–Kier alpha value is -3.41. The Morgan fingerprint density at radius 2 is 1.73 bits per heavy atom. The SMILES string of the molecule is CCCC(=O)c1cc2n(n1)CCC2.CCCOc1ccccc1N(C)C=O.c1ccccc1. The number of hydrogen-bond donors (Lipinski definition) is 0. The number of Topliss-reactive ketones (excluding diaryl/α,β-unsaturated/α-hetero) is 1. The Balaban J connectivity index is 0.000000188. The summed E-state index contributed by atoms with van der Waals surface area (Å²) in [7, 11) is 1.71. The van der Waals surface area contributed by atoms with E-state index in [1.807, 2.05) is 85.3 Å². The molecule has 3 aromatic rings. The zero-order valence-electron chi connectivity index (χ0n) is 19.9. The van der Waals surface area contributed by atoms with Gasteiger partial charge in [0.25, 0.3) is 0 Å². The molecule has 1 aliphatic rings. The number of rotatable bonds is 8. The van der Waals surface area contributed by atoms with Gasteiger partial charge in [0.15, 0.2) is 5.78 Å². The lowest BCUT2D eigenvalue weighted by Gasteiger charge is -2.15. The number of fused-ring (bicyclic) bond motifs is 1. The van der Waals surface area contributed by atoms with E-state index in [-0.39, 0.29) is 5.78 Å². The summed E-state index contributed by atoms with van der Waals surface area (Å²) < 4.78 is 7.47. The van der Waals surface area contributed by atoms with Crippen LogP contribution in [-0.2, 0) is 17.8 Å². The van der Waals surface area contributed by atoms with Crippen molar-refractivity contribution in [2.24, 2.45) is 0 Å². The van der Waals surface area contributed by atoms with Gasteiger partial charge >= 0.3 is 0 Å². The van der Waals surface area contributed by atoms with E-state index < -0.39 is 0 Å². The first kappa shape index (κ1) is 25.8. The Kier molecular flexibility index (Phi) is 11.4. The fraction of sp³-hybridized carbons (Fsp3) is 0.370. The third-order valence-corrected chi connectivity index (χ3v) is 4.96. The molecule has 2 aromatic carbocycles. The number of nitrogens with zero attached hydrogens (tertiary/aromatic N) is 3. The van der Waals surface area contributed by atoms with E-state index in [1.54, 1.807) is 7.05 Å². The Morgan fingerprint density at radius 3 is 2.30 bits per heavy atom. The highest BCUT2D eigenvalue weighted by Crippen LogP contribution is 2.26. The second-order valence-corrected chi connectivity index (χ2v) is 7.71. The van der Waals surface area contributed by atoms with Crippen LogP contribution in [-0.4, -0.2) is 35.6 Å². The number of carbonyl (C=O) groups is 2. The maximum absolute atomic E-state index is 11.5. The van der Waals surface area contributed by atoms with Crippen molar-refractivity contribution in [3.8, 4) is 5.75 Å². The molecule has 6 nitrogen and oxygen atoms in total. The van der Waals surface area contributed by atoms with Gasteiger partial charge in [0, 0.05) is 25.7 Å². The van der Waals surface area contributed by atoms with E-state index in [2.05, 4.69) is 5.10 Å². The average Bonchev–Trinajstić information content (AvgIpc) is 3.47. The summed E-state index contributed by atoms with van der Waals surface area (Å²) in [5.74, 6) is 0.938. The van der Waals surface area contributed by atoms with Crippen molar-refractivity contribution in [3.63, 3.8) is 0 Å². The first-order valence-corrected chi connectivity index (χ1v) is 11.6. The Labute approximate surface area is 197 Å². The van der Waals surface area contributed by atoms with Crippen molar-refractivity contribution in [1.82, 2.24) is 9.78 Å². The highest BCUT2D eigenvalue weighted by Gasteiger charge is 2.16. The number of para-hydroxylation sites is 2. The van der Waals surface area contributed by atoms with Crippen LogP contribution in [0.3, 0.4) is 0 Å². The summed E-state index contributed by atoms with van der Waals surface area (Å²) in [6, 6.07) is 21.5. The average molecular weight is 450 g/mol. The molecule has 1 aromatic heterocycles. The second-order valence-electron chi connectivity index (χ2n) is 7.71. The van der Waals surface area contributed by atoms with Crippen molar-refractivity contribution in [2.45, 2.75) is 52.5 Å². The van der Waals surface area contributed by atoms with Gasteiger partial charge in [0.05, 0.1) is 12.3 Å². The zero-order valence-corrected chi connectivity index (χ0v) is 19.9. The van der Waals surface area contributed by atoms with Gasteiger partial charge in [-0.05, 0) is 43.9 Å². The predicted octanol–water partition coefficient (Wildman–Crippen LogP) is 5.57. The van der Waals surface area contributed by atoms with E-state index in [1.165, 1.54) is 17.0 Å². The van der Waals surface area contributed by atoms with Crippen molar-refractivity contribution in [2.75, 3.05) is 18.6 Å². The molecule has 6 heteroatoms. The Morgan fingerprint density at radius 1 is 1.06 bits per heavy atom. The first-order valence-electron chi connectivity index (χ1n) is 11.6. The molecule has 0 N–H and O–H groups in total. The molecule has 2 heterocycles. The molecule has 33 heavy (non-hydrogen) atoms. The van der Waals surface area contributed by atoms with E-state index in [4.69, 9.17) is 4.74 Å². The van der Waals surface area contributed by atoms with Crippen molar-refractivity contribution in [1.29, 1.82) is 0 Å². The van der Waals surface area contributed by atoms with Crippen molar-refractivity contribution in [3.05, 3.63) is 78.1 Å². The zero-order chi connectivity index (χ0) is 23.9. The molecule has 4 rings (SSSR count). The molecule has 1 aliphatic heterocycles. The van der Waals surface area contributed by atoms with Gasteiger partial charge in [0.1, 0.15) is 11.4 Å². The lowest BCUT2D eigenvalue weighted by Crippen LogP contribution is -2.15. The van der Waals surface area contributed by atoms with Gasteiger partial charge in [-0.2, -0.15) is 5.10 Å². The first-order chi connectivity index (χ1) is 16.1. The number of aryl methyl sites for hydroxylation is 2. The van der Waals surface area contributed by atoms with Gasteiger partial charge < -0.3 is 9.64 Å². The van der Waals surface area contributed by atoms with Crippen LogP contribution in [0.1, 0.15) is 55.7 Å². The van der Waals surface area contributed by atoms with E-state index in [0.29, 0.717) is 18.7 Å². The lowest BCUT2D eigenvalue weighted by atomic mass is 10.1. The van der Waals surface area contributed by atoms with Crippen LogP contribution in [0.2, 0.25) is 0 Å². The summed E-state index contributed by atoms with van der Waals surface area (Å²) in [5.41, 5.74) is 2.69. The molecule has 0 aliphatic carbocycles. The minimum absolute atomic E-state index is 0.185. The number of ketones is 1. The van der Waals surface area contributed by atoms with Crippen LogP contribution in [0, 0.1) is 0 Å². The standard InChI is InChI=1S/C11H15NO2.C10H14N2O.C6H6/c1-3-8-14-11-7-5-4-6-10(11)12(2)9-13;1-2-4-10(13)9-7-8-5-3-6-12(8)11-9;1-2-4-6-5-3-1/h4-7,9H,3,8H2,1-2H3;7H,2-6H2,1H3;1-6H. The molecule has 1 amide bonds. The van der Waals surface area contributed by atoms with Crippen LogP contribution >= 0.6 is 0 Å². The van der Waals surface area contributed by atoms with Crippen LogP contribution in [0.4, 0.5) is 5.69 Å². The van der Waals surface area contributed by atoms with Crippen LogP contribution in [0.25, 0.3) is 0 Å². The molecule has 0 radical (unpaired) electrons. The summed E-state index contributed by atoms with van der Waals surface area (Å²) in [6.07, 6.45) is 5.50. The van der Waals surface area contributed by atoms with Gasteiger partial charge in [-0.25, -0.2) is 0 Å². The summed E-state index contributed by atoms with van der Waals surface area (Å²) in [6.45, 7) is 5.71. The third-order valence-electron chi connectivity index (χ3n) is 4.96. The third kappa shape index (κ3) is 8.56. The van der Waals surface area contributed by atoms with E-state index >= 15 is 0 Å². The largest absolute Gasteiger partial charge is 0.491 e.